The van der Waals surface area contributed by atoms with Crippen LogP contribution < -0.4 is 0 Å². The molecule has 0 aliphatic heterocycles. The summed E-state index contributed by atoms with van der Waals surface area (Å²) in [4.78, 5) is 0. The van der Waals surface area contributed by atoms with Gasteiger partial charge >= 0.3 is 0 Å². The third kappa shape index (κ3) is 10.3. The second kappa shape index (κ2) is 9.56. The van der Waals surface area contributed by atoms with Gasteiger partial charge in [-0.25, -0.2) is 0 Å². The quantitative estimate of drug-likeness (QED) is 0.321. The summed E-state index contributed by atoms with van der Waals surface area (Å²) in [6.07, 6.45) is 3.26. The zero-order valence-electron chi connectivity index (χ0n) is 19.1. The Labute approximate surface area is 171 Å². The van der Waals surface area contributed by atoms with Gasteiger partial charge in [-0.15, -0.1) is 5.54 Å². The van der Waals surface area contributed by atoms with Crippen molar-refractivity contribution in [2.24, 2.45) is 0 Å². The maximum atomic E-state index is 6.39. The van der Waals surface area contributed by atoms with E-state index >= 15 is 0 Å². The molecule has 0 spiro atoms. The van der Waals surface area contributed by atoms with Crippen LogP contribution in [0.5, 0.6) is 0 Å². The lowest BCUT2D eigenvalue weighted by Crippen LogP contribution is -2.40. The SMILES string of the molecule is CCC(C)(C#C[Si](C)(C)CC[Si](C)(C)C=Cc1ccccc1)O[Si](C)(C)C. The second-order valence-corrected chi connectivity index (χ2v) is 23.9. The van der Waals surface area contributed by atoms with Gasteiger partial charge in [-0.05, 0) is 44.6 Å². The highest BCUT2D eigenvalue weighted by atomic mass is 28.4. The molecule has 150 valence electrons. The van der Waals surface area contributed by atoms with E-state index in [-0.39, 0.29) is 5.60 Å². The molecule has 4 heteroatoms. The Morgan fingerprint density at radius 1 is 0.963 bits per heavy atom. The van der Waals surface area contributed by atoms with Gasteiger partial charge in [0.05, 0.1) is 8.07 Å². The van der Waals surface area contributed by atoms with Crippen LogP contribution in [0.4, 0.5) is 0 Å². The van der Waals surface area contributed by atoms with Gasteiger partial charge in [-0.1, -0.05) is 87.2 Å². The highest BCUT2D eigenvalue weighted by Gasteiger charge is 2.30. The molecule has 0 aliphatic rings. The van der Waals surface area contributed by atoms with Gasteiger partial charge in [0.15, 0.2) is 8.32 Å². The summed E-state index contributed by atoms with van der Waals surface area (Å²) >= 11 is 0. The Bertz CT molecular complexity index is 675. The van der Waals surface area contributed by atoms with E-state index in [4.69, 9.17) is 4.43 Å². The predicted octanol–water partition coefficient (Wildman–Crippen LogP) is 7.22. The molecule has 0 saturated carbocycles. The van der Waals surface area contributed by atoms with Gasteiger partial charge < -0.3 is 4.43 Å². The van der Waals surface area contributed by atoms with Crippen LogP contribution in [0.25, 0.3) is 6.08 Å². The van der Waals surface area contributed by atoms with E-state index in [9.17, 15) is 0 Å². The van der Waals surface area contributed by atoms with Crippen molar-refractivity contribution in [2.75, 3.05) is 0 Å². The van der Waals surface area contributed by atoms with Crippen molar-refractivity contribution in [3.05, 3.63) is 41.6 Å². The minimum absolute atomic E-state index is 0.283. The highest BCUT2D eigenvalue weighted by Crippen LogP contribution is 2.24. The van der Waals surface area contributed by atoms with Gasteiger partial charge in [0.1, 0.15) is 13.7 Å². The predicted molar refractivity (Wildman–Crippen MR) is 131 cm³/mol. The Morgan fingerprint density at radius 2 is 1.56 bits per heavy atom. The number of benzene rings is 1. The van der Waals surface area contributed by atoms with Crippen LogP contribution in [0.3, 0.4) is 0 Å². The summed E-state index contributed by atoms with van der Waals surface area (Å²) in [6, 6.07) is 13.2. The van der Waals surface area contributed by atoms with E-state index in [1.54, 1.807) is 0 Å². The number of hydrogen-bond acceptors (Lipinski definition) is 1. The van der Waals surface area contributed by atoms with E-state index in [1.807, 2.05) is 0 Å². The fraction of sp³-hybridized carbons (Fsp3) is 0.565. The topological polar surface area (TPSA) is 9.23 Å². The van der Waals surface area contributed by atoms with Crippen molar-refractivity contribution in [3.8, 4) is 11.5 Å². The van der Waals surface area contributed by atoms with E-state index in [2.05, 4.69) is 113 Å². The zero-order valence-corrected chi connectivity index (χ0v) is 22.1. The summed E-state index contributed by atoms with van der Waals surface area (Å²) in [5.74, 6) is 3.56. The molecule has 1 unspecified atom stereocenters. The number of rotatable bonds is 8. The first-order valence-electron chi connectivity index (χ1n) is 10.2. The average molecular weight is 417 g/mol. The standard InChI is InChI=1S/C23H40OSi3/c1-10-23(2,24-25(3,4)5)17-19-27(8,9)21-20-26(6,7)18-16-22-14-12-11-13-15-22/h11-16,18H,10,20-21H2,1-9H3. The van der Waals surface area contributed by atoms with Crippen molar-refractivity contribution in [1.29, 1.82) is 0 Å². The summed E-state index contributed by atoms with van der Waals surface area (Å²) in [6.45, 7) is 20.9. The summed E-state index contributed by atoms with van der Waals surface area (Å²) in [5.41, 5.74) is 7.21. The first-order valence-corrected chi connectivity index (χ1v) is 20.1. The summed E-state index contributed by atoms with van der Waals surface area (Å²) in [5, 5.41) is 0. The van der Waals surface area contributed by atoms with Crippen LogP contribution in [-0.4, -0.2) is 30.1 Å². The van der Waals surface area contributed by atoms with Gasteiger partial charge in [-0.3, -0.25) is 0 Å². The van der Waals surface area contributed by atoms with Gasteiger partial charge in [-0.2, -0.15) is 0 Å². The molecule has 0 aromatic heterocycles. The Kier molecular flexibility index (Phi) is 8.55. The molecule has 1 nitrogen and oxygen atoms in total. The lowest BCUT2D eigenvalue weighted by molar-refractivity contribution is 0.138. The third-order valence-electron chi connectivity index (χ3n) is 4.79. The minimum atomic E-state index is -1.59. The lowest BCUT2D eigenvalue weighted by Gasteiger charge is -2.32. The molecule has 27 heavy (non-hydrogen) atoms. The molecule has 0 amide bonds. The fourth-order valence-electron chi connectivity index (χ4n) is 2.83. The van der Waals surface area contributed by atoms with Crippen LogP contribution in [0, 0.1) is 11.5 Å². The molecule has 0 N–H and O–H groups in total. The number of hydrogen-bond donors (Lipinski definition) is 0. The van der Waals surface area contributed by atoms with Crippen molar-refractivity contribution < 1.29 is 4.43 Å². The zero-order chi connectivity index (χ0) is 20.8. The van der Waals surface area contributed by atoms with Crippen LogP contribution in [0.2, 0.25) is 57.9 Å². The van der Waals surface area contributed by atoms with Crippen LogP contribution >= 0.6 is 0 Å². The Hall–Kier alpha value is -0.869. The molecule has 1 aromatic rings. The van der Waals surface area contributed by atoms with Crippen LogP contribution in [0.15, 0.2) is 36.0 Å². The van der Waals surface area contributed by atoms with E-state index < -0.39 is 24.5 Å². The van der Waals surface area contributed by atoms with E-state index in [0.717, 1.165) is 6.42 Å². The summed E-state index contributed by atoms with van der Waals surface area (Å²) < 4.78 is 6.39. The molecule has 0 radical (unpaired) electrons. The van der Waals surface area contributed by atoms with Gasteiger partial charge in [0.25, 0.3) is 0 Å². The summed E-state index contributed by atoms with van der Waals surface area (Å²) in [7, 11) is -4.49. The molecule has 0 bridgehead atoms. The molecular formula is C23H40OSi3. The Morgan fingerprint density at radius 3 is 2.07 bits per heavy atom. The molecule has 1 atom stereocenters. The Balaban J connectivity index is 2.76. The van der Waals surface area contributed by atoms with Crippen molar-refractivity contribution >= 4 is 30.5 Å². The normalized spacial score (nSPS) is 15.3. The van der Waals surface area contributed by atoms with Gasteiger partial charge in [0.2, 0.25) is 0 Å². The largest absolute Gasteiger partial charge is 0.402 e. The molecule has 1 rings (SSSR count). The molecule has 0 aliphatic carbocycles. The first kappa shape index (κ1) is 24.2. The molecule has 1 aromatic carbocycles. The van der Waals surface area contributed by atoms with E-state index in [1.165, 1.54) is 17.7 Å². The lowest BCUT2D eigenvalue weighted by atomic mass is 10.1. The first-order chi connectivity index (χ1) is 12.3. The van der Waals surface area contributed by atoms with Crippen molar-refractivity contribution in [2.45, 2.75) is 83.8 Å². The fourth-order valence-corrected chi connectivity index (χ4v) is 11.0. The minimum Gasteiger partial charge on any atom is -0.402 e. The van der Waals surface area contributed by atoms with E-state index in [0.29, 0.717) is 0 Å². The molecule has 0 heterocycles. The average Bonchev–Trinajstić information content (AvgIpc) is 2.57. The van der Waals surface area contributed by atoms with Crippen LogP contribution in [0.1, 0.15) is 25.8 Å². The smallest absolute Gasteiger partial charge is 0.185 e. The molecular weight excluding hydrogens is 377 g/mol. The third-order valence-corrected chi connectivity index (χ3v) is 11.3. The molecule has 0 saturated heterocycles. The molecule has 0 fully saturated rings. The van der Waals surface area contributed by atoms with Crippen LogP contribution in [-0.2, 0) is 4.43 Å². The second-order valence-electron chi connectivity index (χ2n) is 10.2. The van der Waals surface area contributed by atoms with Gasteiger partial charge in [0, 0.05) is 0 Å². The monoisotopic (exact) mass is 416 g/mol. The maximum absolute atomic E-state index is 6.39. The highest BCUT2D eigenvalue weighted by molar-refractivity contribution is 6.89. The maximum Gasteiger partial charge on any atom is 0.185 e. The van der Waals surface area contributed by atoms with Crippen molar-refractivity contribution in [3.63, 3.8) is 0 Å². The van der Waals surface area contributed by atoms with Crippen molar-refractivity contribution in [1.82, 2.24) is 0 Å².